The molecule has 0 unspecified atom stereocenters. The van der Waals surface area contributed by atoms with Crippen molar-refractivity contribution in [3.05, 3.63) is 88.6 Å². The molecule has 0 aliphatic carbocycles. The Morgan fingerprint density at radius 1 is 0.800 bits per heavy atom. The maximum absolute atomic E-state index is 12.8. The van der Waals surface area contributed by atoms with E-state index in [2.05, 4.69) is 46.1 Å². The van der Waals surface area contributed by atoms with E-state index in [9.17, 15) is 4.79 Å². The number of hydrogen-bond donors (Lipinski definition) is 1. The van der Waals surface area contributed by atoms with Crippen LogP contribution in [-0.2, 0) is 0 Å². The first kappa shape index (κ1) is 15.9. The molecule has 1 aromatic heterocycles. The largest absolute Gasteiger partial charge is 0.330 e. The van der Waals surface area contributed by atoms with Gasteiger partial charge in [-0.1, -0.05) is 54.6 Å². The molecule has 1 amide bonds. The molecule has 0 atom stereocenters. The van der Waals surface area contributed by atoms with Crippen molar-refractivity contribution in [2.75, 3.05) is 5.32 Å². The van der Waals surface area contributed by atoms with E-state index in [1.54, 1.807) is 4.57 Å². The maximum atomic E-state index is 12.8. The number of fused-ring (bicyclic) bond motifs is 1. The van der Waals surface area contributed by atoms with Crippen molar-refractivity contribution < 1.29 is 4.79 Å². The highest BCUT2D eigenvalue weighted by Gasteiger charge is 2.15. The monoisotopic (exact) mass is 438 g/mol. The number of nitrogens with zero attached hydrogens (tertiary/aromatic N) is 1. The molecule has 0 bridgehead atoms. The van der Waals surface area contributed by atoms with E-state index >= 15 is 0 Å². The fourth-order valence-electron chi connectivity index (χ4n) is 2.95. The Kier molecular flexibility index (Phi) is 4.28. The van der Waals surface area contributed by atoms with Gasteiger partial charge >= 0.3 is 6.03 Å². The first-order valence-electron chi connectivity index (χ1n) is 7.95. The molecule has 4 heteroatoms. The van der Waals surface area contributed by atoms with Gasteiger partial charge in [0.2, 0.25) is 0 Å². The fourth-order valence-corrected chi connectivity index (χ4v) is 3.63. The minimum absolute atomic E-state index is 0.167. The Bertz CT molecular complexity index is 1050. The number of anilines is 1. The maximum Gasteiger partial charge on any atom is 0.330 e. The van der Waals surface area contributed by atoms with Gasteiger partial charge in [-0.2, -0.15) is 0 Å². The highest BCUT2D eigenvalue weighted by molar-refractivity contribution is 14.1. The molecule has 0 saturated carbocycles. The lowest BCUT2D eigenvalue weighted by Crippen LogP contribution is -2.18. The number of halogens is 1. The zero-order valence-electron chi connectivity index (χ0n) is 13.3. The second-order valence-corrected chi connectivity index (χ2v) is 6.87. The lowest BCUT2D eigenvalue weighted by molar-refractivity contribution is 0.254. The fraction of sp³-hybridized carbons (Fsp3) is 0. The van der Waals surface area contributed by atoms with Gasteiger partial charge in [0.1, 0.15) is 0 Å². The molecule has 0 radical (unpaired) electrons. The van der Waals surface area contributed by atoms with Crippen LogP contribution in [0.2, 0.25) is 0 Å². The minimum Gasteiger partial charge on any atom is -0.307 e. The summed E-state index contributed by atoms with van der Waals surface area (Å²) in [5, 5.41) is 4.02. The van der Waals surface area contributed by atoms with E-state index in [1.807, 2.05) is 66.9 Å². The summed E-state index contributed by atoms with van der Waals surface area (Å²) in [5.74, 6) is 0. The van der Waals surface area contributed by atoms with Crippen LogP contribution < -0.4 is 5.32 Å². The third-order valence-corrected chi connectivity index (χ3v) is 5.06. The molecule has 122 valence electrons. The highest BCUT2D eigenvalue weighted by Crippen LogP contribution is 2.33. The molecule has 1 N–H and O–H groups in total. The third-order valence-electron chi connectivity index (χ3n) is 4.12. The number of carbonyl (C=O) groups is 1. The molecule has 0 aliphatic heterocycles. The van der Waals surface area contributed by atoms with Crippen molar-refractivity contribution in [2.24, 2.45) is 0 Å². The number of benzene rings is 3. The number of para-hydroxylation sites is 2. The van der Waals surface area contributed by atoms with E-state index < -0.39 is 0 Å². The second kappa shape index (κ2) is 6.72. The number of carbonyl (C=O) groups excluding carboxylic acids is 1. The molecule has 0 fully saturated rings. The van der Waals surface area contributed by atoms with Gasteiger partial charge in [0.25, 0.3) is 0 Å². The highest BCUT2D eigenvalue weighted by atomic mass is 127. The van der Waals surface area contributed by atoms with Crippen LogP contribution in [0.5, 0.6) is 0 Å². The van der Waals surface area contributed by atoms with Crippen LogP contribution in [-0.4, -0.2) is 10.6 Å². The molecule has 0 spiro atoms. The lowest BCUT2D eigenvalue weighted by Gasteiger charge is -2.06. The lowest BCUT2D eigenvalue weighted by atomic mass is 10.1. The first-order valence-corrected chi connectivity index (χ1v) is 9.03. The van der Waals surface area contributed by atoms with Crippen LogP contribution >= 0.6 is 22.6 Å². The number of aromatic nitrogens is 1. The topological polar surface area (TPSA) is 34.0 Å². The van der Waals surface area contributed by atoms with Crippen LogP contribution in [0.25, 0.3) is 22.0 Å². The van der Waals surface area contributed by atoms with Crippen molar-refractivity contribution in [1.29, 1.82) is 0 Å². The molecule has 4 aromatic rings. The van der Waals surface area contributed by atoms with Crippen LogP contribution in [0.4, 0.5) is 10.5 Å². The summed E-state index contributed by atoms with van der Waals surface area (Å²) in [6.45, 7) is 0. The van der Waals surface area contributed by atoms with Gasteiger partial charge in [0.05, 0.1) is 5.52 Å². The standard InChI is InChI=1S/C21H15IN2O/c22-19-12-6-4-10-16(19)18-14-24(20-13-7-5-11-17(18)20)21(25)23-15-8-2-1-3-9-15/h1-14H,(H,23,25). The average Bonchev–Trinajstić information content (AvgIpc) is 3.03. The predicted molar refractivity (Wildman–Crippen MR) is 111 cm³/mol. The first-order chi connectivity index (χ1) is 12.2. The van der Waals surface area contributed by atoms with Crippen LogP contribution in [0.3, 0.4) is 0 Å². The van der Waals surface area contributed by atoms with Crippen LogP contribution in [0.1, 0.15) is 0 Å². The van der Waals surface area contributed by atoms with Crippen molar-refractivity contribution in [3.63, 3.8) is 0 Å². The van der Waals surface area contributed by atoms with Gasteiger partial charge in [-0.3, -0.25) is 4.57 Å². The summed E-state index contributed by atoms with van der Waals surface area (Å²) in [5.41, 5.74) is 3.86. The number of amides is 1. The zero-order chi connectivity index (χ0) is 17.2. The molecule has 25 heavy (non-hydrogen) atoms. The summed E-state index contributed by atoms with van der Waals surface area (Å²) in [6, 6.07) is 25.5. The van der Waals surface area contributed by atoms with E-state index in [0.29, 0.717) is 0 Å². The Balaban J connectivity index is 1.83. The van der Waals surface area contributed by atoms with Crippen molar-refractivity contribution in [2.45, 2.75) is 0 Å². The van der Waals surface area contributed by atoms with Gasteiger partial charge in [-0.15, -0.1) is 0 Å². The van der Waals surface area contributed by atoms with E-state index in [4.69, 9.17) is 0 Å². The zero-order valence-corrected chi connectivity index (χ0v) is 15.5. The predicted octanol–water partition coefficient (Wildman–Crippen LogP) is 5.99. The Labute approximate surface area is 159 Å². The normalized spacial score (nSPS) is 10.8. The third kappa shape index (κ3) is 3.05. The van der Waals surface area contributed by atoms with Crippen molar-refractivity contribution >= 4 is 45.2 Å². The molecule has 0 saturated heterocycles. The molecule has 4 rings (SSSR count). The number of hydrogen-bond acceptors (Lipinski definition) is 1. The smallest absolute Gasteiger partial charge is 0.307 e. The Hall–Kier alpha value is -2.60. The Morgan fingerprint density at radius 2 is 1.48 bits per heavy atom. The molecule has 3 aromatic carbocycles. The van der Waals surface area contributed by atoms with E-state index in [1.165, 1.54) is 0 Å². The van der Waals surface area contributed by atoms with Gasteiger partial charge in [-0.25, -0.2) is 4.79 Å². The molecular formula is C21H15IN2O. The summed E-state index contributed by atoms with van der Waals surface area (Å²) in [6.07, 6.45) is 1.92. The van der Waals surface area contributed by atoms with Crippen LogP contribution in [0.15, 0.2) is 85.1 Å². The van der Waals surface area contributed by atoms with Crippen molar-refractivity contribution in [3.8, 4) is 11.1 Å². The summed E-state index contributed by atoms with van der Waals surface area (Å²) in [4.78, 5) is 12.8. The average molecular weight is 438 g/mol. The quantitative estimate of drug-likeness (QED) is 0.383. The van der Waals surface area contributed by atoms with E-state index in [0.717, 1.165) is 31.3 Å². The molecular weight excluding hydrogens is 423 g/mol. The second-order valence-electron chi connectivity index (χ2n) is 5.71. The number of nitrogens with one attached hydrogen (secondary N) is 1. The molecule has 1 heterocycles. The molecule has 3 nitrogen and oxygen atoms in total. The minimum atomic E-state index is -0.167. The van der Waals surface area contributed by atoms with Crippen molar-refractivity contribution in [1.82, 2.24) is 4.57 Å². The van der Waals surface area contributed by atoms with Gasteiger partial charge in [-0.05, 0) is 52.4 Å². The number of rotatable bonds is 2. The SMILES string of the molecule is O=C(Nc1ccccc1)n1cc(-c2ccccc2I)c2ccccc21. The Morgan fingerprint density at radius 3 is 2.28 bits per heavy atom. The summed E-state index contributed by atoms with van der Waals surface area (Å²) in [7, 11) is 0. The summed E-state index contributed by atoms with van der Waals surface area (Å²) >= 11 is 2.33. The van der Waals surface area contributed by atoms with Crippen LogP contribution in [0, 0.1) is 3.57 Å². The van der Waals surface area contributed by atoms with Gasteiger partial charge in [0, 0.05) is 26.4 Å². The summed E-state index contributed by atoms with van der Waals surface area (Å²) < 4.78 is 2.84. The van der Waals surface area contributed by atoms with Gasteiger partial charge < -0.3 is 5.32 Å². The van der Waals surface area contributed by atoms with E-state index in [-0.39, 0.29) is 6.03 Å². The van der Waals surface area contributed by atoms with Gasteiger partial charge in [0.15, 0.2) is 0 Å². The molecule has 0 aliphatic rings.